The molecule has 1 saturated carbocycles. The van der Waals surface area contributed by atoms with E-state index in [0.717, 1.165) is 12.0 Å². The van der Waals surface area contributed by atoms with E-state index in [1.54, 1.807) is 32.0 Å². The van der Waals surface area contributed by atoms with Crippen molar-refractivity contribution in [1.82, 2.24) is 10.3 Å². The molecular weight excluding hydrogens is 405 g/mol. The quantitative estimate of drug-likeness (QED) is 0.566. The first kappa shape index (κ1) is 23.7. The second kappa shape index (κ2) is 10.6. The maximum absolute atomic E-state index is 13.1. The highest BCUT2D eigenvalue weighted by Gasteiger charge is 2.34. The number of ether oxygens (including phenoxy) is 1. The Hall–Kier alpha value is -2.94. The summed E-state index contributed by atoms with van der Waals surface area (Å²) in [6.45, 7) is 4.81. The van der Waals surface area contributed by atoms with Crippen LogP contribution in [-0.2, 0) is 11.5 Å². The van der Waals surface area contributed by atoms with Gasteiger partial charge in [-0.25, -0.2) is 9.37 Å². The summed E-state index contributed by atoms with van der Waals surface area (Å²) in [6, 6.07) is 12.9. The smallest absolute Gasteiger partial charge is 0.263 e. The molecule has 0 spiro atoms. The van der Waals surface area contributed by atoms with Gasteiger partial charge in [-0.1, -0.05) is 37.8 Å². The highest BCUT2D eigenvalue weighted by Crippen LogP contribution is 2.36. The fraction of sp³-hybridized carbons (Fsp3) is 0.500. The third-order valence-electron chi connectivity index (χ3n) is 6.33. The number of nitrogens with zero attached hydrogens (tertiary/aromatic N) is 2. The highest BCUT2D eigenvalue weighted by atomic mass is 19.1. The van der Waals surface area contributed by atoms with Gasteiger partial charge in [0.2, 0.25) is 5.88 Å². The zero-order chi connectivity index (χ0) is 23.1. The molecule has 2 aromatic rings. The summed E-state index contributed by atoms with van der Waals surface area (Å²) in [5.41, 5.74) is 1.02. The molecule has 0 saturated heterocycles. The average molecular weight is 438 g/mol. The molecule has 1 heterocycles. The first-order chi connectivity index (χ1) is 15.3. The summed E-state index contributed by atoms with van der Waals surface area (Å²) >= 11 is 0. The lowest BCUT2D eigenvalue weighted by Crippen LogP contribution is -2.51. The van der Waals surface area contributed by atoms with Gasteiger partial charge in [0.1, 0.15) is 6.67 Å². The topological polar surface area (TPSA) is 75.0 Å². The van der Waals surface area contributed by atoms with Gasteiger partial charge in [0.05, 0.1) is 11.6 Å². The molecule has 6 heteroatoms. The van der Waals surface area contributed by atoms with E-state index in [9.17, 15) is 14.4 Å². The Labute approximate surface area is 190 Å². The lowest BCUT2D eigenvalue weighted by Gasteiger charge is -2.31. The van der Waals surface area contributed by atoms with Gasteiger partial charge in [-0.15, -0.1) is 0 Å². The summed E-state index contributed by atoms with van der Waals surface area (Å²) in [5, 5.41) is 12.5. The molecule has 1 aliphatic carbocycles. The van der Waals surface area contributed by atoms with Crippen molar-refractivity contribution in [2.45, 2.75) is 77.1 Å². The molecule has 1 aliphatic rings. The maximum atomic E-state index is 13.1. The van der Waals surface area contributed by atoms with Crippen molar-refractivity contribution in [3.05, 3.63) is 59.3 Å². The summed E-state index contributed by atoms with van der Waals surface area (Å²) in [4.78, 5) is 17.2. The monoisotopic (exact) mass is 437 g/mol. The van der Waals surface area contributed by atoms with Crippen molar-refractivity contribution in [3.8, 4) is 11.9 Å². The number of pyridine rings is 1. The largest absolute Gasteiger partial charge is 0.462 e. The Morgan fingerprint density at radius 1 is 1.31 bits per heavy atom. The molecule has 3 rings (SSSR count). The number of halogens is 1. The molecule has 32 heavy (non-hydrogen) atoms. The third-order valence-corrected chi connectivity index (χ3v) is 6.33. The molecule has 1 fully saturated rings. The van der Waals surface area contributed by atoms with Crippen molar-refractivity contribution in [2.24, 2.45) is 5.92 Å². The second-order valence-electron chi connectivity index (χ2n) is 9.24. The second-order valence-corrected chi connectivity index (χ2v) is 9.24. The number of nitrogens with one attached hydrogen (secondary N) is 1. The van der Waals surface area contributed by atoms with Crippen LogP contribution in [0.1, 0.15) is 75.5 Å². The van der Waals surface area contributed by atoms with E-state index >= 15 is 0 Å². The van der Waals surface area contributed by atoms with Crippen molar-refractivity contribution < 1.29 is 13.9 Å². The van der Waals surface area contributed by atoms with Crippen LogP contribution in [0.2, 0.25) is 0 Å². The van der Waals surface area contributed by atoms with Gasteiger partial charge in [-0.3, -0.25) is 4.79 Å². The van der Waals surface area contributed by atoms with Gasteiger partial charge < -0.3 is 10.1 Å². The van der Waals surface area contributed by atoms with Crippen LogP contribution >= 0.6 is 0 Å². The standard InChI is InChI=1S/C26H32FN3O2/c1-18(30-25(31)26(2,3)32-24-12-11-21(15-27)17-29-24)23(14-19-7-4-5-8-19)22-10-6-9-20(13-22)16-28/h6,9-13,17-19,23H,4-5,7-8,14-15H2,1-3H3,(H,30,31). The van der Waals surface area contributed by atoms with Crippen LogP contribution in [0.25, 0.3) is 0 Å². The fourth-order valence-corrected chi connectivity index (χ4v) is 4.41. The van der Waals surface area contributed by atoms with Crippen LogP contribution in [0.4, 0.5) is 4.39 Å². The molecule has 1 aromatic carbocycles. The van der Waals surface area contributed by atoms with E-state index in [4.69, 9.17) is 4.74 Å². The predicted molar refractivity (Wildman–Crippen MR) is 122 cm³/mol. The van der Waals surface area contributed by atoms with Gasteiger partial charge >= 0.3 is 0 Å². The Kier molecular flexibility index (Phi) is 7.84. The zero-order valence-corrected chi connectivity index (χ0v) is 19.1. The lowest BCUT2D eigenvalue weighted by atomic mass is 9.82. The van der Waals surface area contributed by atoms with Crippen LogP contribution in [0.15, 0.2) is 42.6 Å². The Bertz CT molecular complexity index is 946. The van der Waals surface area contributed by atoms with Crippen LogP contribution in [0.3, 0.4) is 0 Å². The first-order valence-corrected chi connectivity index (χ1v) is 11.3. The molecule has 0 bridgehead atoms. The maximum Gasteiger partial charge on any atom is 0.263 e. The molecule has 1 N–H and O–H groups in total. The molecule has 2 atom stereocenters. The minimum Gasteiger partial charge on any atom is -0.462 e. The third kappa shape index (κ3) is 6.06. The average Bonchev–Trinajstić information content (AvgIpc) is 3.31. The molecule has 0 aliphatic heterocycles. The number of aromatic nitrogens is 1. The lowest BCUT2D eigenvalue weighted by molar-refractivity contribution is -0.135. The van der Waals surface area contributed by atoms with E-state index in [1.165, 1.54) is 31.9 Å². The summed E-state index contributed by atoms with van der Waals surface area (Å²) in [5.74, 6) is 0.772. The Morgan fingerprint density at radius 3 is 2.69 bits per heavy atom. The van der Waals surface area contributed by atoms with E-state index in [1.807, 2.05) is 25.1 Å². The normalized spacial score (nSPS) is 16.2. The van der Waals surface area contributed by atoms with Crippen LogP contribution in [0.5, 0.6) is 5.88 Å². The molecule has 5 nitrogen and oxygen atoms in total. The first-order valence-electron chi connectivity index (χ1n) is 11.3. The minimum atomic E-state index is -1.15. The number of rotatable bonds is 9. The fourth-order valence-electron chi connectivity index (χ4n) is 4.41. The van der Waals surface area contributed by atoms with Crippen LogP contribution in [-0.4, -0.2) is 22.5 Å². The number of hydrogen-bond acceptors (Lipinski definition) is 4. The number of amides is 1. The SMILES string of the molecule is CC(NC(=O)C(C)(C)Oc1ccc(CF)cn1)C(CC1CCCC1)c1cccc(C#N)c1. The minimum absolute atomic E-state index is 0.105. The number of carbonyl (C=O) groups excluding carboxylic acids is 1. The molecule has 170 valence electrons. The summed E-state index contributed by atoms with van der Waals surface area (Å²) in [7, 11) is 0. The molecule has 0 radical (unpaired) electrons. The predicted octanol–water partition coefficient (Wildman–Crippen LogP) is 5.45. The highest BCUT2D eigenvalue weighted by molar-refractivity contribution is 5.85. The zero-order valence-electron chi connectivity index (χ0n) is 19.1. The Balaban J connectivity index is 1.73. The van der Waals surface area contributed by atoms with Crippen molar-refractivity contribution >= 4 is 5.91 Å². The number of benzene rings is 1. The van der Waals surface area contributed by atoms with Gasteiger partial charge in [0, 0.05) is 29.8 Å². The van der Waals surface area contributed by atoms with Gasteiger partial charge in [-0.05, 0) is 56.9 Å². The summed E-state index contributed by atoms with van der Waals surface area (Å²) < 4.78 is 18.5. The van der Waals surface area contributed by atoms with Crippen LogP contribution < -0.4 is 10.1 Å². The van der Waals surface area contributed by atoms with Gasteiger partial charge in [0.25, 0.3) is 5.91 Å². The number of hydrogen-bond donors (Lipinski definition) is 1. The van der Waals surface area contributed by atoms with Gasteiger partial charge in [0.15, 0.2) is 5.60 Å². The molecular formula is C26H32FN3O2. The Morgan fingerprint density at radius 2 is 2.06 bits per heavy atom. The molecule has 2 unspecified atom stereocenters. The van der Waals surface area contributed by atoms with E-state index in [-0.39, 0.29) is 23.7 Å². The van der Waals surface area contributed by atoms with Crippen molar-refractivity contribution in [1.29, 1.82) is 5.26 Å². The van der Waals surface area contributed by atoms with E-state index in [0.29, 0.717) is 17.0 Å². The van der Waals surface area contributed by atoms with Crippen molar-refractivity contribution in [2.75, 3.05) is 0 Å². The number of carbonyl (C=O) groups is 1. The van der Waals surface area contributed by atoms with Crippen molar-refractivity contribution in [3.63, 3.8) is 0 Å². The molecule has 1 amide bonds. The van der Waals surface area contributed by atoms with E-state index < -0.39 is 12.3 Å². The number of alkyl halides is 1. The summed E-state index contributed by atoms with van der Waals surface area (Å²) in [6.07, 6.45) is 7.32. The van der Waals surface area contributed by atoms with Crippen LogP contribution in [0, 0.1) is 17.2 Å². The van der Waals surface area contributed by atoms with E-state index in [2.05, 4.69) is 16.4 Å². The molecule has 1 aromatic heterocycles. The van der Waals surface area contributed by atoms with Gasteiger partial charge in [-0.2, -0.15) is 5.26 Å². The number of nitriles is 1.